The van der Waals surface area contributed by atoms with Crippen LogP contribution in [-0.2, 0) is 9.59 Å². The number of allylic oxidation sites excluding steroid dienone is 3. The molecular formula is C10H12O2. The van der Waals surface area contributed by atoms with Crippen molar-refractivity contribution in [1.82, 2.24) is 0 Å². The standard InChI is InChI=1S/C10H12O2/c1-7-3-4-9(5-10(7)12)8(2)6-11/h3,6,9H,2,4-5H2,1H3/t9-/m0/s1. The zero-order valence-electron chi connectivity index (χ0n) is 7.17. The van der Waals surface area contributed by atoms with Crippen molar-refractivity contribution in [3.05, 3.63) is 23.8 Å². The third kappa shape index (κ3) is 1.70. The lowest BCUT2D eigenvalue weighted by atomic mass is 9.85. The van der Waals surface area contributed by atoms with Crippen molar-refractivity contribution in [1.29, 1.82) is 0 Å². The number of carbonyl (C=O) groups is 2. The van der Waals surface area contributed by atoms with Crippen LogP contribution in [0.15, 0.2) is 23.8 Å². The van der Waals surface area contributed by atoms with E-state index < -0.39 is 0 Å². The average Bonchev–Trinajstić information content (AvgIpc) is 2.08. The molecule has 0 radical (unpaired) electrons. The molecule has 0 fully saturated rings. The molecule has 0 saturated carbocycles. The van der Waals surface area contributed by atoms with Crippen LogP contribution in [0.2, 0.25) is 0 Å². The molecule has 0 bridgehead atoms. The molecule has 0 saturated heterocycles. The molecule has 0 amide bonds. The number of carbonyl (C=O) groups excluding carboxylic acids is 2. The summed E-state index contributed by atoms with van der Waals surface area (Å²) in [6.45, 7) is 5.41. The van der Waals surface area contributed by atoms with Crippen LogP contribution in [0.5, 0.6) is 0 Å². The van der Waals surface area contributed by atoms with Gasteiger partial charge in [0, 0.05) is 6.42 Å². The highest BCUT2D eigenvalue weighted by Crippen LogP contribution is 2.24. The Morgan fingerprint density at radius 2 is 2.42 bits per heavy atom. The minimum absolute atomic E-state index is 0.0405. The lowest BCUT2D eigenvalue weighted by Gasteiger charge is -2.18. The minimum Gasteiger partial charge on any atom is -0.298 e. The fraction of sp³-hybridized carbons (Fsp3) is 0.400. The predicted octanol–water partition coefficient (Wildman–Crippen LogP) is 1.67. The number of Topliss-reactive ketones (excluding diaryl/α,β-unsaturated/α-hetero) is 1. The van der Waals surface area contributed by atoms with E-state index in [9.17, 15) is 9.59 Å². The maximum absolute atomic E-state index is 11.2. The maximum Gasteiger partial charge on any atom is 0.158 e. The quantitative estimate of drug-likeness (QED) is 0.459. The zero-order valence-corrected chi connectivity index (χ0v) is 7.17. The fourth-order valence-corrected chi connectivity index (χ4v) is 1.28. The number of hydrogen-bond donors (Lipinski definition) is 0. The van der Waals surface area contributed by atoms with Crippen LogP contribution in [-0.4, -0.2) is 12.1 Å². The summed E-state index contributed by atoms with van der Waals surface area (Å²) in [5.74, 6) is 0.174. The molecule has 1 rings (SSSR count). The van der Waals surface area contributed by atoms with Crippen molar-refractivity contribution in [3.63, 3.8) is 0 Å². The summed E-state index contributed by atoms with van der Waals surface area (Å²) in [5, 5.41) is 0. The average molecular weight is 164 g/mol. The molecule has 1 aliphatic carbocycles. The second-order valence-corrected chi connectivity index (χ2v) is 3.14. The van der Waals surface area contributed by atoms with Crippen molar-refractivity contribution < 1.29 is 9.59 Å². The van der Waals surface area contributed by atoms with Gasteiger partial charge in [-0.1, -0.05) is 12.7 Å². The smallest absolute Gasteiger partial charge is 0.158 e. The topological polar surface area (TPSA) is 34.1 Å². The molecule has 0 spiro atoms. The Morgan fingerprint density at radius 3 is 2.92 bits per heavy atom. The van der Waals surface area contributed by atoms with Gasteiger partial charge in [-0.3, -0.25) is 9.59 Å². The van der Waals surface area contributed by atoms with E-state index in [1.165, 1.54) is 0 Å². The summed E-state index contributed by atoms with van der Waals surface area (Å²) in [5.41, 5.74) is 1.34. The van der Waals surface area contributed by atoms with Gasteiger partial charge in [0.15, 0.2) is 5.78 Å². The fourth-order valence-electron chi connectivity index (χ4n) is 1.28. The lowest BCUT2D eigenvalue weighted by Crippen LogP contribution is -2.16. The number of ketones is 1. The van der Waals surface area contributed by atoms with Crippen molar-refractivity contribution in [3.8, 4) is 0 Å². The molecule has 0 heterocycles. The molecule has 64 valence electrons. The number of hydrogen-bond acceptors (Lipinski definition) is 2. The van der Waals surface area contributed by atoms with Gasteiger partial charge in [0.25, 0.3) is 0 Å². The summed E-state index contributed by atoms with van der Waals surface area (Å²) >= 11 is 0. The van der Waals surface area contributed by atoms with Crippen molar-refractivity contribution in [2.45, 2.75) is 19.8 Å². The second kappa shape index (κ2) is 3.48. The van der Waals surface area contributed by atoms with Gasteiger partial charge < -0.3 is 0 Å². The van der Waals surface area contributed by atoms with E-state index in [0.29, 0.717) is 12.0 Å². The van der Waals surface area contributed by atoms with Crippen molar-refractivity contribution >= 4 is 12.1 Å². The summed E-state index contributed by atoms with van der Waals surface area (Å²) in [7, 11) is 0. The van der Waals surface area contributed by atoms with Crippen LogP contribution in [0.1, 0.15) is 19.8 Å². The van der Waals surface area contributed by atoms with E-state index in [1.54, 1.807) is 0 Å². The van der Waals surface area contributed by atoms with Gasteiger partial charge in [-0.2, -0.15) is 0 Å². The third-order valence-corrected chi connectivity index (χ3v) is 2.26. The number of rotatable bonds is 2. The van der Waals surface area contributed by atoms with E-state index in [2.05, 4.69) is 6.58 Å². The molecule has 0 aromatic heterocycles. The highest BCUT2D eigenvalue weighted by atomic mass is 16.1. The normalized spacial score (nSPS) is 23.2. The van der Waals surface area contributed by atoms with E-state index in [-0.39, 0.29) is 11.7 Å². The first kappa shape index (κ1) is 8.91. The SMILES string of the molecule is C=C(C=O)[C@H]1CC=C(C)C(=O)C1. The van der Waals surface area contributed by atoms with Crippen molar-refractivity contribution in [2.24, 2.45) is 5.92 Å². The molecule has 0 aromatic rings. The Balaban J connectivity index is 2.71. The summed E-state index contributed by atoms with van der Waals surface area (Å²) in [6.07, 6.45) is 3.84. The Hall–Kier alpha value is -1.18. The number of aldehydes is 1. The summed E-state index contributed by atoms with van der Waals surface area (Å²) < 4.78 is 0. The van der Waals surface area contributed by atoms with Crippen LogP contribution in [0.25, 0.3) is 0 Å². The zero-order chi connectivity index (χ0) is 9.14. The molecule has 2 nitrogen and oxygen atoms in total. The van der Waals surface area contributed by atoms with Gasteiger partial charge in [-0.25, -0.2) is 0 Å². The Kier molecular flexibility index (Phi) is 2.58. The third-order valence-electron chi connectivity index (χ3n) is 2.26. The van der Waals surface area contributed by atoms with Gasteiger partial charge in [-0.05, 0) is 30.4 Å². The molecule has 0 aromatic carbocycles. The van der Waals surface area contributed by atoms with Crippen LogP contribution in [0, 0.1) is 5.92 Å². The maximum atomic E-state index is 11.2. The molecule has 0 N–H and O–H groups in total. The Labute approximate surface area is 72.0 Å². The largest absolute Gasteiger partial charge is 0.298 e. The predicted molar refractivity (Wildman–Crippen MR) is 46.7 cm³/mol. The second-order valence-electron chi connectivity index (χ2n) is 3.14. The monoisotopic (exact) mass is 164 g/mol. The van der Waals surface area contributed by atoms with Crippen LogP contribution < -0.4 is 0 Å². The van der Waals surface area contributed by atoms with Crippen LogP contribution in [0.3, 0.4) is 0 Å². The molecule has 2 heteroatoms. The lowest BCUT2D eigenvalue weighted by molar-refractivity contribution is -0.116. The first-order valence-electron chi connectivity index (χ1n) is 3.99. The molecule has 0 aliphatic heterocycles. The minimum atomic E-state index is 0.0405. The highest BCUT2D eigenvalue weighted by molar-refractivity contribution is 5.96. The molecule has 0 unspecified atom stereocenters. The Bertz CT molecular complexity index is 261. The van der Waals surface area contributed by atoms with E-state index in [0.717, 1.165) is 18.3 Å². The van der Waals surface area contributed by atoms with Gasteiger partial charge in [0.1, 0.15) is 6.29 Å². The van der Waals surface area contributed by atoms with Crippen LogP contribution >= 0.6 is 0 Å². The Morgan fingerprint density at radius 1 is 1.75 bits per heavy atom. The molecule has 1 atom stereocenters. The van der Waals surface area contributed by atoms with Gasteiger partial charge in [0.05, 0.1) is 0 Å². The highest BCUT2D eigenvalue weighted by Gasteiger charge is 2.20. The first-order valence-corrected chi connectivity index (χ1v) is 3.99. The first-order chi connectivity index (χ1) is 5.65. The van der Waals surface area contributed by atoms with Gasteiger partial charge in [0.2, 0.25) is 0 Å². The molecular weight excluding hydrogens is 152 g/mol. The molecule has 1 aliphatic rings. The summed E-state index contributed by atoms with van der Waals surface area (Å²) in [4.78, 5) is 21.6. The van der Waals surface area contributed by atoms with E-state index in [4.69, 9.17) is 0 Å². The van der Waals surface area contributed by atoms with Crippen molar-refractivity contribution in [2.75, 3.05) is 0 Å². The van der Waals surface area contributed by atoms with Gasteiger partial charge in [-0.15, -0.1) is 0 Å². The molecule has 12 heavy (non-hydrogen) atoms. The summed E-state index contributed by atoms with van der Waals surface area (Å²) in [6, 6.07) is 0. The van der Waals surface area contributed by atoms with Gasteiger partial charge >= 0.3 is 0 Å². The van der Waals surface area contributed by atoms with Crippen LogP contribution in [0.4, 0.5) is 0 Å². The van der Waals surface area contributed by atoms with E-state index in [1.807, 2.05) is 13.0 Å². The van der Waals surface area contributed by atoms with E-state index >= 15 is 0 Å².